The van der Waals surface area contributed by atoms with Crippen LogP contribution in [0, 0.1) is 11.3 Å². The number of nitrogens with zero attached hydrogens (tertiary/aromatic N) is 2. The number of hydrogen-bond acceptors (Lipinski definition) is 2. The molecule has 0 bridgehead atoms. The van der Waals surface area contributed by atoms with E-state index in [1.165, 1.54) is 5.56 Å². The van der Waals surface area contributed by atoms with Crippen molar-refractivity contribution in [2.24, 2.45) is 0 Å². The molecule has 0 N–H and O–H groups in total. The van der Waals surface area contributed by atoms with Crippen molar-refractivity contribution in [3.8, 4) is 6.07 Å². The van der Waals surface area contributed by atoms with Gasteiger partial charge >= 0.3 is 0 Å². The van der Waals surface area contributed by atoms with E-state index in [1.54, 1.807) is 6.20 Å². The van der Waals surface area contributed by atoms with Crippen LogP contribution in [-0.4, -0.2) is 4.98 Å². The second kappa shape index (κ2) is 3.47. The maximum Gasteiger partial charge on any atom is 0.148 e. The molecule has 1 heterocycles. The summed E-state index contributed by atoms with van der Waals surface area (Å²) in [5.41, 5.74) is 1.79. The highest BCUT2D eigenvalue weighted by atomic mass is 14.7. The van der Waals surface area contributed by atoms with Gasteiger partial charge in [0.1, 0.15) is 11.8 Å². The van der Waals surface area contributed by atoms with Gasteiger partial charge in [0.15, 0.2) is 0 Å². The number of nitriles is 1. The van der Waals surface area contributed by atoms with Gasteiger partial charge in [-0.25, -0.2) is 4.98 Å². The number of rotatable bonds is 1. The fourth-order valence-corrected chi connectivity index (χ4v) is 1.54. The lowest BCUT2D eigenvalue weighted by atomic mass is 10.1. The van der Waals surface area contributed by atoms with E-state index in [1.807, 2.05) is 18.2 Å². The van der Waals surface area contributed by atoms with Crippen molar-refractivity contribution in [2.75, 3.05) is 0 Å². The predicted octanol–water partition coefficient (Wildman–Crippen LogP) is 2.67. The summed E-state index contributed by atoms with van der Waals surface area (Å²) in [6, 6.07) is 10.2. The van der Waals surface area contributed by atoms with Crippen LogP contribution in [0.2, 0.25) is 0 Å². The van der Waals surface area contributed by atoms with E-state index >= 15 is 0 Å². The molecule has 2 nitrogen and oxygen atoms in total. The fourth-order valence-electron chi connectivity index (χ4n) is 1.54. The van der Waals surface area contributed by atoms with E-state index in [0.717, 1.165) is 17.2 Å². The molecule has 0 aliphatic heterocycles. The first kappa shape index (κ1) is 8.71. The lowest BCUT2D eigenvalue weighted by Gasteiger charge is -2.01. The van der Waals surface area contributed by atoms with Gasteiger partial charge in [0, 0.05) is 11.6 Å². The average molecular weight is 182 g/mol. The van der Waals surface area contributed by atoms with Gasteiger partial charge in [0.05, 0.1) is 0 Å². The lowest BCUT2D eigenvalue weighted by molar-refractivity contribution is 1.14. The quantitative estimate of drug-likeness (QED) is 0.679. The van der Waals surface area contributed by atoms with Crippen LogP contribution in [-0.2, 0) is 6.42 Å². The zero-order chi connectivity index (χ0) is 9.97. The molecule has 0 aliphatic rings. The molecule has 2 heteroatoms. The number of fused-ring (bicyclic) bond motifs is 1. The van der Waals surface area contributed by atoms with E-state index in [0.29, 0.717) is 5.69 Å². The molecule has 0 fully saturated rings. The topological polar surface area (TPSA) is 36.7 Å². The highest BCUT2D eigenvalue weighted by molar-refractivity contribution is 5.86. The summed E-state index contributed by atoms with van der Waals surface area (Å²) in [6.07, 6.45) is 2.69. The molecule has 0 saturated carbocycles. The van der Waals surface area contributed by atoms with Crippen molar-refractivity contribution in [1.82, 2.24) is 4.98 Å². The monoisotopic (exact) mass is 182 g/mol. The molecule has 0 radical (unpaired) electrons. The third kappa shape index (κ3) is 1.33. The first-order chi connectivity index (χ1) is 6.85. The largest absolute Gasteiger partial charge is 0.245 e. The van der Waals surface area contributed by atoms with Crippen molar-refractivity contribution in [2.45, 2.75) is 13.3 Å². The Kier molecular flexibility index (Phi) is 2.16. The van der Waals surface area contributed by atoms with Crippen molar-refractivity contribution in [1.29, 1.82) is 5.26 Å². The molecule has 0 spiro atoms. The first-order valence-corrected chi connectivity index (χ1v) is 4.63. The zero-order valence-corrected chi connectivity index (χ0v) is 7.99. The standard InChI is InChI=1S/C12H10N2/c1-2-9-3-4-11-10(7-9)5-6-14-12(11)8-13/h3-7H,2H2,1H3. The maximum atomic E-state index is 8.85. The average Bonchev–Trinajstić information content (AvgIpc) is 2.27. The van der Waals surface area contributed by atoms with Crippen molar-refractivity contribution < 1.29 is 0 Å². The number of pyridine rings is 1. The smallest absolute Gasteiger partial charge is 0.148 e. The third-order valence-corrected chi connectivity index (χ3v) is 2.34. The molecule has 0 unspecified atom stereocenters. The highest BCUT2D eigenvalue weighted by Crippen LogP contribution is 2.18. The Morgan fingerprint density at radius 1 is 1.36 bits per heavy atom. The Balaban J connectivity index is 2.75. The Hall–Kier alpha value is -1.88. The molecule has 1 aromatic carbocycles. The van der Waals surface area contributed by atoms with E-state index in [-0.39, 0.29) is 0 Å². The molecule has 0 saturated heterocycles. The van der Waals surface area contributed by atoms with Crippen LogP contribution in [0.4, 0.5) is 0 Å². The zero-order valence-electron chi connectivity index (χ0n) is 7.99. The first-order valence-electron chi connectivity index (χ1n) is 4.63. The van der Waals surface area contributed by atoms with Crippen LogP contribution in [0.1, 0.15) is 18.2 Å². The van der Waals surface area contributed by atoms with Gasteiger partial charge in [0.2, 0.25) is 0 Å². The van der Waals surface area contributed by atoms with Gasteiger partial charge < -0.3 is 0 Å². The summed E-state index contributed by atoms with van der Waals surface area (Å²) in [6.45, 7) is 2.12. The van der Waals surface area contributed by atoms with E-state index in [4.69, 9.17) is 5.26 Å². The summed E-state index contributed by atoms with van der Waals surface area (Å²) >= 11 is 0. The summed E-state index contributed by atoms with van der Waals surface area (Å²) < 4.78 is 0. The molecule has 0 amide bonds. The number of hydrogen-bond donors (Lipinski definition) is 0. The molecular formula is C12H10N2. The summed E-state index contributed by atoms with van der Waals surface area (Å²) in [4.78, 5) is 4.02. The second-order valence-corrected chi connectivity index (χ2v) is 3.18. The Bertz CT molecular complexity index is 509. The van der Waals surface area contributed by atoms with Gasteiger partial charge in [0.25, 0.3) is 0 Å². The minimum absolute atomic E-state index is 0.505. The van der Waals surface area contributed by atoms with Gasteiger partial charge in [-0.3, -0.25) is 0 Å². The van der Waals surface area contributed by atoms with E-state index < -0.39 is 0 Å². The van der Waals surface area contributed by atoms with Crippen LogP contribution in [0.15, 0.2) is 30.5 Å². The molecule has 14 heavy (non-hydrogen) atoms. The van der Waals surface area contributed by atoms with Crippen LogP contribution in [0.3, 0.4) is 0 Å². The minimum Gasteiger partial charge on any atom is -0.245 e. The van der Waals surface area contributed by atoms with Gasteiger partial charge in [-0.1, -0.05) is 25.1 Å². The van der Waals surface area contributed by atoms with Gasteiger partial charge in [-0.15, -0.1) is 0 Å². The van der Waals surface area contributed by atoms with Crippen molar-refractivity contribution in [3.05, 3.63) is 41.7 Å². The second-order valence-electron chi connectivity index (χ2n) is 3.18. The van der Waals surface area contributed by atoms with E-state index in [9.17, 15) is 0 Å². The normalized spacial score (nSPS) is 10.0. The van der Waals surface area contributed by atoms with Crippen LogP contribution >= 0.6 is 0 Å². The molecule has 2 rings (SSSR count). The van der Waals surface area contributed by atoms with Gasteiger partial charge in [-0.05, 0) is 23.4 Å². The van der Waals surface area contributed by atoms with Gasteiger partial charge in [-0.2, -0.15) is 5.26 Å². The summed E-state index contributed by atoms with van der Waals surface area (Å²) in [5, 5.41) is 10.9. The molecule has 0 aliphatic carbocycles. The highest BCUT2D eigenvalue weighted by Gasteiger charge is 2.00. The van der Waals surface area contributed by atoms with Crippen LogP contribution < -0.4 is 0 Å². The fraction of sp³-hybridized carbons (Fsp3) is 0.167. The Morgan fingerprint density at radius 2 is 2.21 bits per heavy atom. The number of benzene rings is 1. The molecule has 0 atom stereocenters. The molecule has 68 valence electrons. The number of aryl methyl sites for hydroxylation is 1. The van der Waals surface area contributed by atoms with Crippen LogP contribution in [0.25, 0.3) is 10.8 Å². The maximum absolute atomic E-state index is 8.85. The molecule has 2 aromatic rings. The van der Waals surface area contributed by atoms with E-state index in [2.05, 4.69) is 24.0 Å². The van der Waals surface area contributed by atoms with Crippen molar-refractivity contribution >= 4 is 10.8 Å². The predicted molar refractivity (Wildman–Crippen MR) is 55.8 cm³/mol. The molecular weight excluding hydrogens is 172 g/mol. The number of aromatic nitrogens is 1. The van der Waals surface area contributed by atoms with Crippen LogP contribution in [0.5, 0.6) is 0 Å². The SMILES string of the molecule is CCc1ccc2c(C#N)nccc2c1. The minimum atomic E-state index is 0.505. The Morgan fingerprint density at radius 3 is 2.93 bits per heavy atom. The lowest BCUT2D eigenvalue weighted by Crippen LogP contribution is -1.86. The summed E-state index contributed by atoms with van der Waals surface area (Å²) in [5.74, 6) is 0. The molecule has 1 aromatic heterocycles. The summed E-state index contributed by atoms with van der Waals surface area (Å²) in [7, 11) is 0. The Labute approximate surface area is 82.8 Å². The van der Waals surface area contributed by atoms with Crippen molar-refractivity contribution in [3.63, 3.8) is 0 Å². The third-order valence-electron chi connectivity index (χ3n) is 2.34.